The summed E-state index contributed by atoms with van der Waals surface area (Å²) >= 11 is 0. The molecule has 0 spiro atoms. The molecule has 1 N–H and O–H groups in total. The van der Waals surface area contributed by atoms with E-state index < -0.39 is 8.60 Å². The molecule has 0 bridgehead atoms. The number of phenolic OH excluding ortho intramolecular Hbond substituents is 1. The Morgan fingerprint density at radius 3 is 1.79 bits per heavy atom. The zero-order valence-corrected chi connectivity index (χ0v) is 21.3. The van der Waals surface area contributed by atoms with Crippen molar-refractivity contribution in [3.8, 4) is 17.2 Å². The quantitative estimate of drug-likeness (QED) is 0.314. The molecule has 3 aromatic rings. The van der Waals surface area contributed by atoms with Gasteiger partial charge in [-0.25, -0.2) is 0 Å². The van der Waals surface area contributed by atoms with Crippen LogP contribution in [0.5, 0.6) is 17.2 Å². The summed E-state index contributed by atoms with van der Waals surface area (Å²) < 4.78 is 18.9. The molecule has 174 valence electrons. The van der Waals surface area contributed by atoms with Crippen molar-refractivity contribution in [3.63, 3.8) is 0 Å². The molecule has 0 saturated carbocycles. The van der Waals surface area contributed by atoms with E-state index in [0.717, 1.165) is 53.0 Å². The number of hydrogen-bond donors (Lipinski definition) is 1. The first-order chi connectivity index (χ1) is 15.7. The summed E-state index contributed by atoms with van der Waals surface area (Å²) in [5.74, 6) is 2.13. The van der Waals surface area contributed by atoms with E-state index in [1.807, 2.05) is 26.0 Å². The van der Waals surface area contributed by atoms with Crippen molar-refractivity contribution in [1.29, 1.82) is 0 Å². The highest BCUT2D eigenvalue weighted by Gasteiger charge is 2.26. The van der Waals surface area contributed by atoms with Crippen molar-refractivity contribution in [2.75, 3.05) is 6.61 Å². The monoisotopic (exact) mass is 464 g/mol. The Bertz CT molecular complexity index is 1100. The molecule has 5 heteroatoms. The largest absolute Gasteiger partial charge is 0.507 e. The van der Waals surface area contributed by atoms with Crippen LogP contribution in [0.1, 0.15) is 56.5 Å². The molecule has 1 heterocycles. The normalized spacial score (nSPS) is 13.4. The zero-order chi connectivity index (χ0) is 23.7. The fourth-order valence-corrected chi connectivity index (χ4v) is 5.88. The first-order valence-corrected chi connectivity index (χ1v) is 12.6. The third kappa shape index (κ3) is 5.34. The van der Waals surface area contributed by atoms with Gasteiger partial charge >= 0.3 is 8.60 Å². The Morgan fingerprint density at radius 1 is 0.758 bits per heavy atom. The summed E-state index contributed by atoms with van der Waals surface area (Å²) in [6, 6.07) is 12.8. The summed E-state index contributed by atoms with van der Waals surface area (Å²) in [4.78, 5) is 0. The lowest BCUT2D eigenvalue weighted by atomic mass is 9.96. The van der Waals surface area contributed by atoms with Gasteiger partial charge in [-0.15, -0.1) is 0 Å². The minimum absolute atomic E-state index is 0.378. The lowest BCUT2D eigenvalue weighted by Gasteiger charge is -2.26. The minimum Gasteiger partial charge on any atom is -0.507 e. The Balaban J connectivity index is 1.53. The van der Waals surface area contributed by atoms with Gasteiger partial charge < -0.3 is 14.2 Å². The van der Waals surface area contributed by atoms with Gasteiger partial charge in [0.05, 0.1) is 6.61 Å². The highest BCUT2D eigenvalue weighted by Crippen LogP contribution is 2.49. The van der Waals surface area contributed by atoms with Crippen LogP contribution < -0.4 is 9.05 Å². The lowest BCUT2D eigenvalue weighted by molar-refractivity contribution is 0.259. The Labute approximate surface area is 198 Å². The van der Waals surface area contributed by atoms with Gasteiger partial charge in [-0.2, -0.15) is 0 Å². The third-order valence-electron chi connectivity index (χ3n) is 6.06. The summed E-state index contributed by atoms with van der Waals surface area (Å²) in [6.45, 7) is 12.8. The molecule has 4 nitrogen and oxygen atoms in total. The predicted molar refractivity (Wildman–Crippen MR) is 135 cm³/mol. The molecule has 0 unspecified atom stereocenters. The van der Waals surface area contributed by atoms with E-state index in [0.29, 0.717) is 12.4 Å². The molecular formula is C28H33O4P. The molecule has 0 aliphatic carbocycles. The van der Waals surface area contributed by atoms with Crippen molar-refractivity contribution in [2.24, 2.45) is 0 Å². The van der Waals surface area contributed by atoms with Crippen molar-refractivity contribution in [3.05, 3.63) is 86.5 Å². The van der Waals surface area contributed by atoms with E-state index >= 15 is 0 Å². The fourth-order valence-electron chi connectivity index (χ4n) is 4.64. The Kier molecular flexibility index (Phi) is 6.97. The Morgan fingerprint density at radius 2 is 1.27 bits per heavy atom. The molecule has 33 heavy (non-hydrogen) atoms. The molecule has 0 aromatic heterocycles. The van der Waals surface area contributed by atoms with E-state index in [9.17, 15) is 5.11 Å². The van der Waals surface area contributed by atoms with Gasteiger partial charge in [-0.1, -0.05) is 47.5 Å². The number of phenols is 1. The second kappa shape index (κ2) is 9.75. The van der Waals surface area contributed by atoms with Gasteiger partial charge in [-0.05, 0) is 93.3 Å². The highest BCUT2D eigenvalue weighted by molar-refractivity contribution is 7.42. The van der Waals surface area contributed by atoms with Gasteiger partial charge in [0.15, 0.2) is 0 Å². The molecule has 0 atom stereocenters. The summed E-state index contributed by atoms with van der Waals surface area (Å²) in [6.07, 6.45) is 2.49. The summed E-state index contributed by atoms with van der Waals surface area (Å²) in [5, 5.41) is 10.0. The average molecular weight is 465 g/mol. The van der Waals surface area contributed by atoms with Gasteiger partial charge in [0.1, 0.15) is 17.2 Å². The standard InChI is InChI=1S/C28H33O4P/c1-17-10-21(5)27-24(12-17)16-25-13-18(2)11-22(6)28(25)32-33(31-27)30-9-7-8-23-14-19(3)26(29)20(4)15-23/h10-15,29H,7-9,16H2,1-6H3. The van der Waals surface area contributed by atoms with Crippen LogP contribution in [-0.2, 0) is 17.4 Å². The van der Waals surface area contributed by atoms with Crippen LogP contribution in [0.25, 0.3) is 0 Å². The first kappa shape index (κ1) is 23.6. The van der Waals surface area contributed by atoms with Gasteiger partial charge in [0.2, 0.25) is 0 Å². The molecule has 3 aromatic carbocycles. The molecular weight excluding hydrogens is 431 g/mol. The predicted octanol–water partition coefficient (Wildman–Crippen LogP) is 7.48. The van der Waals surface area contributed by atoms with Gasteiger partial charge in [0, 0.05) is 6.42 Å². The molecule has 1 aliphatic rings. The van der Waals surface area contributed by atoms with E-state index in [1.165, 1.54) is 27.8 Å². The zero-order valence-electron chi connectivity index (χ0n) is 20.4. The van der Waals surface area contributed by atoms with Crippen LogP contribution in [0.15, 0.2) is 36.4 Å². The number of fused-ring (bicyclic) bond motifs is 2. The maximum absolute atomic E-state index is 10.0. The number of rotatable bonds is 5. The molecule has 0 amide bonds. The van der Waals surface area contributed by atoms with Crippen LogP contribution in [-0.4, -0.2) is 11.7 Å². The van der Waals surface area contributed by atoms with Crippen LogP contribution in [0.3, 0.4) is 0 Å². The number of aromatic hydroxyl groups is 1. The average Bonchev–Trinajstić information content (AvgIpc) is 2.72. The van der Waals surface area contributed by atoms with Crippen LogP contribution in [0, 0.1) is 41.5 Å². The second-order valence-corrected chi connectivity index (χ2v) is 10.3. The lowest BCUT2D eigenvalue weighted by Crippen LogP contribution is -2.10. The molecule has 1 aliphatic heterocycles. The van der Waals surface area contributed by atoms with Gasteiger partial charge in [-0.3, -0.25) is 4.52 Å². The van der Waals surface area contributed by atoms with Gasteiger partial charge in [0.25, 0.3) is 0 Å². The Hall–Kier alpha value is -2.55. The van der Waals surface area contributed by atoms with Crippen molar-refractivity contribution >= 4 is 8.60 Å². The highest BCUT2D eigenvalue weighted by atomic mass is 31.2. The molecule has 4 rings (SSSR count). The van der Waals surface area contributed by atoms with E-state index in [4.69, 9.17) is 13.6 Å². The number of hydrogen-bond acceptors (Lipinski definition) is 4. The number of benzene rings is 3. The SMILES string of the molecule is Cc1cc(C)c2c(c1)Cc1cc(C)cc(C)c1OP(OCCCc1cc(C)c(O)c(C)c1)O2. The first-order valence-electron chi connectivity index (χ1n) is 11.5. The third-order valence-corrected chi connectivity index (χ3v) is 7.12. The molecule has 0 fully saturated rings. The van der Waals surface area contributed by atoms with E-state index in [2.05, 4.69) is 52.0 Å². The smallest absolute Gasteiger partial charge is 0.463 e. The van der Waals surface area contributed by atoms with Crippen molar-refractivity contribution < 1.29 is 18.7 Å². The van der Waals surface area contributed by atoms with E-state index in [1.54, 1.807) is 0 Å². The topological polar surface area (TPSA) is 47.9 Å². The van der Waals surface area contributed by atoms with Crippen molar-refractivity contribution in [2.45, 2.75) is 60.8 Å². The van der Waals surface area contributed by atoms with E-state index in [-0.39, 0.29) is 0 Å². The van der Waals surface area contributed by atoms with Crippen LogP contribution in [0.2, 0.25) is 0 Å². The summed E-state index contributed by atoms with van der Waals surface area (Å²) in [5.41, 5.74) is 10.0. The molecule has 0 saturated heterocycles. The number of aryl methyl sites for hydroxylation is 7. The van der Waals surface area contributed by atoms with Crippen molar-refractivity contribution in [1.82, 2.24) is 0 Å². The maximum atomic E-state index is 10.0. The van der Waals surface area contributed by atoms with Crippen LogP contribution >= 0.6 is 8.60 Å². The maximum Gasteiger partial charge on any atom is 0.463 e. The van der Waals surface area contributed by atoms with Crippen LogP contribution in [0.4, 0.5) is 0 Å². The fraction of sp³-hybridized carbons (Fsp3) is 0.357. The summed E-state index contributed by atoms with van der Waals surface area (Å²) in [7, 11) is -1.58. The second-order valence-electron chi connectivity index (χ2n) is 9.24. The minimum atomic E-state index is -1.58. The molecule has 0 radical (unpaired) electrons.